The van der Waals surface area contributed by atoms with Gasteiger partial charge < -0.3 is 14.6 Å². The maximum Gasteiger partial charge on any atom is 0.122 e. The number of benzene rings is 1. The molecule has 0 radical (unpaired) electrons. The summed E-state index contributed by atoms with van der Waals surface area (Å²) in [4.78, 5) is 0. The Morgan fingerprint density at radius 3 is 2.06 bits per heavy atom. The quantitative estimate of drug-likeness (QED) is 0.873. The molecule has 0 bridgehead atoms. The molecule has 0 saturated heterocycles. The van der Waals surface area contributed by atoms with Crippen LogP contribution < -0.4 is 9.47 Å². The van der Waals surface area contributed by atoms with Crippen LogP contribution in [0.3, 0.4) is 0 Å². The van der Waals surface area contributed by atoms with Crippen molar-refractivity contribution in [2.24, 2.45) is 5.92 Å². The van der Waals surface area contributed by atoms with E-state index in [9.17, 15) is 5.11 Å². The minimum absolute atomic E-state index is 0.381. The fourth-order valence-corrected chi connectivity index (χ4v) is 2.55. The van der Waals surface area contributed by atoms with E-state index >= 15 is 0 Å². The van der Waals surface area contributed by atoms with Gasteiger partial charge in [-0.1, -0.05) is 12.8 Å². The highest BCUT2D eigenvalue weighted by atomic mass is 16.5. The third kappa shape index (κ3) is 2.72. The van der Waals surface area contributed by atoms with Gasteiger partial charge in [-0.3, -0.25) is 0 Å². The summed E-state index contributed by atoms with van der Waals surface area (Å²) in [6.45, 7) is 0. The lowest BCUT2D eigenvalue weighted by molar-refractivity contribution is 0.111. The normalized spacial score (nSPS) is 18.1. The summed E-state index contributed by atoms with van der Waals surface area (Å²) in [6.07, 6.45) is 4.27. The molecule has 1 N–H and O–H groups in total. The summed E-state index contributed by atoms with van der Waals surface area (Å²) in [5.41, 5.74) is 0.896. The molecule has 0 aromatic heterocycles. The zero-order valence-electron chi connectivity index (χ0n) is 10.5. The lowest BCUT2D eigenvalue weighted by Crippen LogP contribution is -2.09. The summed E-state index contributed by atoms with van der Waals surface area (Å²) >= 11 is 0. The molecule has 1 aliphatic carbocycles. The van der Waals surface area contributed by atoms with Crippen LogP contribution in [0.2, 0.25) is 0 Å². The lowest BCUT2D eigenvalue weighted by Gasteiger charge is -2.19. The van der Waals surface area contributed by atoms with Gasteiger partial charge in [-0.05, 0) is 36.5 Å². The summed E-state index contributed by atoms with van der Waals surface area (Å²) in [5, 5.41) is 10.3. The highest BCUT2D eigenvalue weighted by Gasteiger charge is 2.25. The minimum atomic E-state index is -0.401. The first-order valence-electron chi connectivity index (χ1n) is 6.15. The molecule has 0 amide bonds. The van der Waals surface area contributed by atoms with Crippen molar-refractivity contribution in [3.8, 4) is 11.5 Å². The fraction of sp³-hybridized carbons (Fsp3) is 0.571. The molecule has 1 aromatic rings. The van der Waals surface area contributed by atoms with Gasteiger partial charge in [0.05, 0.1) is 20.3 Å². The summed E-state index contributed by atoms with van der Waals surface area (Å²) in [5.74, 6) is 1.85. The number of rotatable bonds is 4. The molecule has 17 heavy (non-hydrogen) atoms. The summed E-state index contributed by atoms with van der Waals surface area (Å²) in [7, 11) is 3.25. The molecule has 3 nitrogen and oxygen atoms in total. The largest absolute Gasteiger partial charge is 0.497 e. The van der Waals surface area contributed by atoms with Crippen molar-refractivity contribution >= 4 is 0 Å². The van der Waals surface area contributed by atoms with Gasteiger partial charge in [-0.25, -0.2) is 0 Å². The lowest BCUT2D eigenvalue weighted by atomic mass is 9.94. The predicted molar refractivity (Wildman–Crippen MR) is 66.5 cm³/mol. The van der Waals surface area contributed by atoms with Crippen molar-refractivity contribution in [3.63, 3.8) is 0 Å². The second kappa shape index (κ2) is 5.41. The molecule has 1 saturated carbocycles. The first-order valence-corrected chi connectivity index (χ1v) is 6.15. The molecule has 1 atom stereocenters. The number of hydrogen-bond donors (Lipinski definition) is 1. The van der Waals surface area contributed by atoms with Gasteiger partial charge in [0.2, 0.25) is 0 Å². The van der Waals surface area contributed by atoms with Crippen LogP contribution >= 0.6 is 0 Å². The monoisotopic (exact) mass is 236 g/mol. The third-order valence-corrected chi connectivity index (χ3v) is 3.56. The zero-order chi connectivity index (χ0) is 12.3. The second-order valence-corrected chi connectivity index (χ2v) is 4.64. The molecular weight excluding hydrogens is 216 g/mol. The molecular formula is C14H20O3. The van der Waals surface area contributed by atoms with E-state index in [0.29, 0.717) is 5.92 Å². The Labute approximate surface area is 102 Å². The van der Waals surface area contributed by atoms with Crippen LogP contribution in [-0.2, 0) is 0 Å². The van der Waals surface area contributed by atoms with Crippen LogP contribution in [0.1, 0.15) is 37.4 Å². The molecule has 0 heterocycles. The first-order chi connectivity index (χ1) is 8.24. The van der Waals surface area contributed by atoms with Crippen LogP contribution in [0.4, 0.5) is 0 Å². The van der Waals surface area contributed by atoms with Gasteiger partial charge in [0.25, 0.3) is 0 Å². The highest BCUT2D eigenvalue weighted by Crippen LogP contribution is 2.37. The van der Waals surface area contributed by atoms with Gasteiger partial charge in [-0.2, -0.15) is 0 Å². The smallest absolute Gasteiger partial charge is 0.122 e. The Morgan fingerprint density at radius 2 is 1.59 bits per heavy atom. The number of aliphatic hydroxyl groups excluding tert-OH is 1. The van der Waals surface area contributed by atoms with Crippen molar-refractivity contribution in [3.05, 3.63) is 23.8 Å². The summed E-state index contributed by atoms with van der Waals surface area (Å²) in [6, 6.07) is 5.61. The van der Waals surface area contributed by atoms with Crippen LogP contribution in [0.25, 0.3) is 0 Å². The third-order valence-electron chi connectivity index (χ3n) is 3.56. The molecule has 1 fully saturated rings. The van der Waals surface area contributed by atoms with Crippen molar-refractivity contribution in [2.75, 3.05) is 14.2 Å². The van der Waals surface area contributed by atoms with Crippen LogP contribution in [0, 0.1) is 5.92 Å². The van der Waals surface area contributed by atoms with Crippen molar-refractivity contribution in [1.29, 1.82) is 0 Å². The molecule has 1 aromatic carbocycles. The molecule has 94 valence electrons. The van der Waals surface area contributed by atoms with E-state index in [4.69, 9.17) is 9.47 Å². The first kappa shape index (κ1) is 12.2. The molecule has 1 aliphatic rings. The SMILES string of the molecule is COc1cc(OC)cc([C@H](O)C2CCCC2)c1. The highest BCUT2D eigenvalue weighted by molar-refractivity contribution is 5.39. The average molecular weight is 236 g/mol. The number of aliphatic hydroxyl groups is 1. The van der Waals surface area contributed by atoms with E-state index in [1.54, 1.807) is 14.2 Å². The van der Waals surface area contributed by atoms with Crippen molar-refractivity contribution in [1.82, 2.24) is 0 Å². The maximum atomic E-state index is 10.3. The number of ether oxygens (including phenoxy) is 2. The van der Waals surface area contributed by atoms with E-state index in [-0.39, 0.29) is 0 Å². The van der Waals surface area contributed by atoms with Crippen LogP contribution in [0.5, 0.6) is 11.5 Å². The Kier molecular flexibility index (Phi) is 3.89. The number of methoxy groups -OCH3 is 2. The van der Waals surface area contributed by atoms with Crippen molar-refractivity contribution in [2.45, 2.75) is 31.8 Å². The fourth-order valence-electron chi connectivity index (χ4n) is 2.55. The standard InChI is InChI=1S/C14H20O3/c1-16-12-7-11(8-13(9-12)17-2)14(15)10-5-3-4-6-10/h7-10,14-15H,3-6H2,1-2H3/t14-/m1/s1. The molecule has 0 spiro atoms. The van der Waals surface area contributed by atoms with Crippen molar-refractivity contribution < 1.29 is 14.6 Å². The van der Waals surface area contributed by atoms with Crippen LogP contribution in [-0.4, -0.2) is 19.3 Å². The second-order valence-electron chi connectivity index (χ2n) is 4.64. The Bertz CT molecular complexity index is 347. The van der Waals surface area contributed by atoms with Gasteiger partial charge in [0.15, 0.2) is 0 Å². The van der Waals surface area contributed by atoms with E-state index in [0.717, 1.165) is 29.9 Å². The Hall–Kier alpha value is -1.22. The topological polar surface area (TPSA) is 38.7 Å². The molecule has 3 heteroatoms. The van der Waals surface area contributed by atoms with Gasteiger partial charge >= 0.3 is 0 Å². The van der Waals surface area contributed by atoms with E-state index in [2.05, 4.69) is 0 Å². The summed E-state index contributed by atoms with van der Waals surface area (Å²) < 4.78 is 10.4. The van der Waals surface area contributed by atoms with Gasteiger partial charge in [-0.15, -0.1) is 0 Å². The van der Waals surface area contributed by atoms with E-state index in [1.807, 2.05) is 18.2 Å². The van der Waals surface area contributed by atoms with Gasteiger partial charge in [0, 0.05) is 6.07 Å². The molecule has 0 aliphatic heterocycles. The molecule has 0 unspecified atom stereocenters. The maximum absolute atomic E-state index is 10.3. The average Bonchev–Trinajstić information content (AvgIpc) is 2.91. The number of hydrogen-bond acceptors (Lipinski definition) is 3. The van der Waals surface area contributed by atoms with Crippen LogP contribution in [0.15, 0.2) is 18.2 Å². The zero-order valence-corrected chi connectivity index (χ0v) is 10.5. The van der Waals surface area contributed by atoms with E-state index < -0.39 is 6.10 Å². The molecule has 2 rings (SSSR count). The van der Waals surface area contributed by atoms with Gasteiger partial charge in [0.1, 0.15) is 11.5 Å². The minimum Gasteiger partial charge on any atom is -0.497 e. The Morgan fingerprint density at radius 1 is 1.06 bits per heavy atom. The Balaban J connectivity index is 2.23. The van der Waals surface area contributed by atoms with E-state index in [1.165, 1.54) is 12.8 Å². The predicted octanol–water partition coefficient (Wildman–Crippen LogP) is 2.93.